The number of rotatable bonds is 1. The maximum atomic E-state index is 11.5. The van der Waals surface area contributed by atoms with Gasteiger partial charge in [0.2, 0.25) is 0 Å². The molecule has 2 N–H and O–H groups in total. The zero-order valence-electron chi connectivity index (χ0n) is 10.5. The van der Waals surface area contributed by atoms with Crippen molar-refractivity contribution in [2.75, 3.05) is 0 Å². The van der Waals surface area contributed by atoms with E-state index < -0.39 is 10.1 Å². The summed E-state index contributed by atoms with van der Waals surface area (Å²) in [6, 6.07) is 9.50. The lowest BCUT2D eigenvalue weighted by Gasteiger charge is -2.09. The number of pyridine rings is 1. The van der Waals surface area contributed by atoms with E-state index in [4.69, 9.17) is 0 Å². The molecule has 0 bridgehead atoms. The van der Waals surface area contributed by atoms with E-state index in [1.807, 2.05) is 0 Å². The van der Waals surface area contributed by atoms with Crippen LogP contribution in [-0.2, 0) is 10.1 Å². The van der Waals surface area contributed by atoms with E-state index in [2.05, 4.69) is 4.98 Å². The van der Waals surface area contributed by atoms with Crippen molar-refractivity contribution in [2.45, 2.75) is 11.8 Å². The molecule has 3 aromatic rings. The largest absolute Gasteiger partial charge is 0.508 e. The summed E-state index contributed by atoms with van der Waals surface area (Å²) in [4.78, 5) is 3.96. The van der Waals surface area contributed by atoms with Crippen molar-refractivity contribution in [3.63, 3.8) is 0 Å². The van der Waals surface area contributed by atoms with Gasteiger partial charge in [-0.05, 0) is 42.0 Å². The minimum absolute atomic E-state index is 0.0261. The number of fused-ring (bicyclic) bond motifs is 3. The van der Waals surface area contributed by atoms with Gasteiger partial charge in [0.25, 0.3) is 10.1 Å². The highest BCUT2D eigenvalue weighted by atomic mass is 32.2. The van der Waals surface area contributed by atoms with E-state index in [0.717, 1.165) is 5.39 Å². The van der Waals surface area contributed by atoms with Gasteiger partial charge in [0.15, 0.2) is 0 Å². The smallest absolute Gasteiger partial charge is 0.296 e. The molecule has 20 heavy (non-hydrogen) atoms. The summed E-state index contributed by atoms with van der Waals surface area (Å²) in [5, 5.41) is 11.4. The number of aromatic nitrogens is 1. The fraction of sp³-hybridized carbons (Fsp3) is 0.0714. The standard InChI is InChI=1S/C14H11NO4S/c1-8-2-4-12-11-5-3-10(16)6-9(11)7-13(14(12)15-8)20(17,18)19/h2-7,16H,1H3,(H,17,18,19). The van der Waals surface area contributed by atoms with Crippen LogP contribution in [0.4, 0.5) is 0 Å². The van der Waals surface area contributed by atoms with Crippen LogP contribution in [0, 0.1) is 6.92 Å². The predicted molar refractivity (Wildman–Crippen MR) is 75.5 cm³/mol. The van der Waals surface area contributed by atoms with Gasteiger partial charge in [-0.1, -0.05) is 12.1 Å². The van der Waals surface area contributed by atoms with Crippen LogP contribution in [0.25, 0.3) is 21.7 Å². The molecule has 0 saturated heterocycles. The summed E-state index contributed by atoms with van der Waals surface area (Å²) in [6.07, 6.45) is 0. The maximum Gasteiger partial charge on any atom is 0.296 e. The lowest BCUT2D eigenvalue weighted by atomic mass is 10.0. The Bertz CT molecular complexity index is 948. The lowest BCUT2D eigenvalue weighted by Crippen LogP contribution is -2.01. The zero-order valence-corrected chi connectivity index (χ0v) is 11.3. The van der Waals surface area contributed by atoms with Crippen LogP contribution < -0.4 is 0 Å². The van der Waals surface area contributed by atoms with E-state index in [9.17, 15) is 18.1 Å². The van der Waals surface area contributed by atoms with Gasteiger partial charge >= 0.3 is 0 Å². The normalized spacial score (nSPS) is 12.1. The molecule has 0 radical (unpaired) electrons. The van der Waals surface area contributed by atoms with Crippen LogP contribution in [0.5, 0.6) is 5.75 Å². The first-order valence-electron chi connectivity index (χ1n) is 5.87. The second-order valence-corrected chi connectivity index (χ2v) is 5.99. The van der Waals surface area contributed by atoms with Crippen molar-refractivity contribution < 1.29 is 18.1 Å². The molecular weight excluding hydrogens is 278 g/mol. The molecule has 0 atom stereocenters. The Balaban J connectivity index is 2.61. The molecule has 102 valence electrons. The van der Waals surface area contributed by atoms with Gasteiger partial charge in [-0.2, -0.15) is 8.42 Å². The molecule has 0 aliphatic carbocycles. The Hall–Kier alpha value is -2.18. The van der Waals surface area contributed by atoms with Crippen molar-refractivity contribution in [3.8, 4) is 5.75 Å². The molecule has 3 rings (SSSR count). The molecule has 1 aromatic heterocycles. The Morgan fingerprint density at radius 1 is 1.05 bits per heavy atom. The van der Waals surface area contributed by atoms with Crippen molar-refractivity contribution >= 4 is 31.8 Å². The first-order valence-corrected chi connectivity index (χ1v) is 7.31. The highest BCUT2D eigenvalue weighted by Crippen LogP contribution is 2.32. The molecule has 0 saturated carbocycles. The molecule has 5 nitrogen and oxygen atoms in total. The minimum Gasteiger partial charge on any atom is -0.508 e. The summed E-state index contributed by atoms with van der Waals surface area (Å²) in [6.45, 7) is 1.74. The first kappa shape index (κ1) is 12.8. The van der Waals surface area contributed by atoms with Crippen LogP contribution >= 0.6 is 0 Å². The quantitative estimate of drug-likeness (QED) is 0.531. The SMILES string of the molecule is Cc1ccc2c(n1)c(S(=O)(=O)O)cc1cc(O)ccc12. The molecule has 2 aromatic carbocycles. The number of phenols is 1. The van der Waals surface area contributed by atoms with Crippen LogP contribution in [0.2, 0.25) is 0 Å². The van der Waals surface area contributed by atoms with Crippen molar-refractivity contribution in [1.29, 1.82) is 0 Å². The number of benzene rings is 2. The summed E-state index contributed by atoms with van der Waals surface area (Å²) >= 11 is 0. The van der Waals surface area contributed by atoms with E-state index >= 15 is 0 Å². The van der Waals surface area contributed by atoms with E-state index in [-0.39, 0.29) is 16.2 Å². The Morgan fingerprint density at radius 3 is 2.45 bits per heavy atom. The highest BCUT2D eigenvalue weighted by molar-refractivity contribution is 7.86. The van der Waals surface area contributed by atoms with Crippen LogP contribution in [0.15, 0.2) is 41.3 Å². The molecule has 0 fully saturated rings. The average Bonchev–Trinajstić information content (AvgIpc) is 2.36. The molecule has 0 aliphatic rings. The summed E-state index contributed by atoms with van der Waals surface area (Å²) < 4.78 is 32.5. The third kappa shape index (κ3) is 1.99. The summed E-state index contributed by atoms with van der Waals surface area (Å²) in [5.74, 6) is 0.0261. The zero-order chi connectivity index (χ0) is 14.5. The Labute approximate surface area is 115 Å². The number of aromatic hydroxyl groups is 1. The molecule has 1 heterocycles. The van der Waals surface area contributed by atoms with Gasteiger partial charge in [-0.15, -0.1) is 0 Å². The van der Waals surface area contributed by atoms with E-state index in [1.54, 1.807) is 25.1 Å². The van der Waals surface area contributed by atoms with Crippen molar-refractivity contribution in [1.82, 2.24) is 4.98 Å². The van der Waals surface area contributed by atoms with Crippen LogP contribution in [0.1, 0.15) is 5.69 Å². The Kier molecular flexibility index (Phi) is 2.67. The highest BCUT2D eigenvalue weighted by Gasteiger charge is 2.18. The number of hydrogen-bond donors (Lipinski definition) is 2. The fourth-order valence-electron chi connectivity index (χ4n) is 2.28. The molecule has 0 amide bonds. The number of aryl methyl sites for hydroxylation is 1. The second kappa shape index (κ2) is 4.16. The van der Waals surface area contributed by atoms with Crippen molar-refractivity contribution in [2.24, 2.45) is 0 Å². The predicted octanol–water partition coefficient (Wildman–Crippen LogP) is 2.65. The van der Waals surface area contributed by atoms with E-state index in [1.165, 1.54) is 18.2 Å². The number of nitrogens with zero attached hydrogens (tertiary/aromatic N) is 1. The topological polar surface area (TPSA) is 87.5 Å². The average molecular weight is 289 g/mol. The Morgan fingerprint density at radius 2 is 1.75 bits per heavy atom. The molecular formula is C14H11NO4S. The van der Waals surface area contributed by atoms with Gasteiger partial charge in [-0.3, -0.25) is 9.54 Å². The second-order valence-electron chi connectivity index (χ2n) is 4.60. The van der Waals surface area contributed by atoms with Gasteiger partial charge in [0.1, 0.15) is 10.6 Å². The molecule has 0 unspecified atom stereocenters. The summed E-state index contributed by atoms with van der Waals surface area (Å²) in [5.41, 5.74) is 0.881. The van der Waals surface area contributed by atoms with Gasteiger partial charge < -0.3 is 5.11 Å². The molecule has 0 spiro atoms. The van der Waals surface area contributed by atoms with E-state index in [0.29, 0.717) is 16.5 Å². The van der Waals surface area contributed by atoms with Gasteiger partial charge in [-0.25, -0.2) is 0 Å². The fourth-order valence-corrected chi connectivity index (χ4v) is 2.96. The third-order valence-electron chi connectivity index (χ3n) is 3.16. The lowest BCUT2D eigenvalue weighted by molar-refractivity contribution is 0.475. The minimum atomic E-state index is -4.39. The number of phenolic OH excluding ortho intramolecular Hbond substituents is 1. The number of hydrogen-bond acceptors (Lipinski definition) is 4. The van der Waals surface area contributed by atoms with Crippen molar-refractivity contribution in [3.05, 3.63) is 42.1 Å². The van der Waals surface area contributed by atoms with Gasteiger partial charge in [0.05, 0.1) is 5.52 Å². The third-order valence-corrected chi connectivity index (χ3v) is 4.02. The van der Waals surface area contributed by atoms with Gasteiger partial charge in [0, 0.05) is 11.1 Å². The van der Waals surface area contributed by atoms with Crippen LogP contribution in [0.3, 0.4) is 0 Å². The summed E-state index contributed by atoms with van der Waals surface area (Å²) in [7, 11) is -4.39. The molecule has 6 heteroatoms. The first-order chi connectivity index (χ1) is 9.36. The maximum absolute atomic E-state index is 11.5. The molecule has 0 aliphatic heterocycles. The monoisotopic (exact) mass is 289 g/mol. The van der Waals surface area contributed by atoms with Crippen LogP contribution in [-0.4, -0.2) is 23.1 Å².